The number of carbonyl (C=O) groups is 1. The average Bonchev–Trinajstić information content (AvgIpc) is 3.24. The van der Waals surface area contributed by atoms with Crippen molar-refractivity contribution in [2.75, 3.05) is 5.32 Å². The van der Waals surface area contributed by atoms with Gasteiger partial charge in [-0.25, -0.2) is 9.67 Å². The largest absolute Gasteiger partial charge is 0.338 e. The standard InChI is InChI=1S/C21H18N4OS/c1-13-11-16-19(17(26)12-13)20(22-14-7-3-2-4-8-14)24-25(16)21-23-15-9-5-6-10-18(15)27-21/h2-10,13H,11-12H2,1H3,(H,22,24)/t13-/m0/s1. The van der Waals surface area contributed by atoms with E-state index in [0.29, 0.717) is 23.7 Å². The van der Waals surface area contributed by atoms with Gasteiger partial charge in [0.05, 0.1) is 21.5 Å². The van der Waals surface area contributed by atoms with Crippen molar-refractivity contribution in [3.63, 3.8) is 0 Å². The van der Waals surface area contributed by atoms with Crippen LogP contribution in [0.3, 0.4) is 0 Å². The second kappa shape index (κ2) is 6.32. The van der Waals surface area contributed by atoms with Gasteiger partial charge in [-0.3, -0.25) is 4.79 Å². The minimum absolute atomic E-state index is 0.148. The molecular formula is C21H18N4OS. The summed E-state index contributed by atoms with van der Waals surface area (Å²) >= 11 is 1.60. The number of carbonyl (C=O) groups excluding carboxylic acids is 1. The molecule has 134 valence electrons. The molecule has 2 aromatic heterocycles. The normalized spacial score (nSPS) is 16.5. The van der Waals surface area contributed by atoms with Crippen molar-refractivity contribution in [2.45, 2.75) is 19.8 Å². The molecule has 1 aliphatic rings. The molecule has 27 heavy (non-hydrogen) atoms. The molecule has 0 fully saturated rings. The molecule has 0 radical (unpaired) electrons. The number of anilines is 2. The minimum Gasteiger partial charge on any atom is -0.338 e. The van der Waals surface area contributed by atoms with E-state index < -0.39 is 0 Å². The summed E-state index contributed by atoms with van der Waals surface area (Å²) in [5.41, 5.74) is 3.53. The van der Waals surface area contributed by atoms with Crippen LogP contribution in [0.5, 0.6) is 0 Å². The number of fused-ring (bicyclic) bond motifs is 2. The number of aromatic nitrogens is 3. The fourth-order valence-electron chi connectivity index (χ4n) is 3.61. The van der Waals surface area contributed by atoms with Crippen LogP contribution in [0, 0.1) is 5.92 Å². The molecule has 0 unspecified atom stereocenters. The summed E-state index contributed by atoms with van der Waals surface area (Å²) in [5, 5.41) is 8.90. The molecule has 0 saturated heterocycles. The zero-order valence-electron chi connectivity index (χ0n) is 14.8. The number of nitrogens with zero attached hydrogens (tertiary/aromatic N) is 3. The Hall–Kier alpha value is -2.99. The van der Waals surface area contributed by atoms with Crippen molar-refractivity contribution in [1.82, 2.24) is 14.8 Å². The molecule has 0 saturated carbocycles. The van der Waals surface area contributed by atoms with Crippen molar-refractivity contribution in [3.8, 4) is 5.13 Å². The van der Waals surface area contributed by atoms with Crippen LogP contribution in [0.25, 0.3) is 15.3 Å². The number of Topliss-reactive ketones (excluding diaryl/α,β-unsaturated/α-hetero) is 1. The average molecular weight is 374 g/mol. The quantitative estimate of drug-likeness (QED) is 0.549. The Bertz CT molecular complexity index is 1110. The van der Waals surface area contributed by atoms with Crippen LogP contribution < -0.4 is 5.32 Å². The van der Waals surface area contributed by atoms with Crippen molar-refractivity contribution in [3.05, 3.63) is 65.9 Å². The molecule has 0 spiro atoms. The third-order valence-corrected chi connectivity index (χ3v) is 5.85. The molecule has 1 N–H and O–H groups in total. The number of ketones is 1. The lowest BCUT2D eigenvalue weighted by Gasteiger charge is -2.18. The van der Waals surface area contributed by atoms with E-state index in [-0.39, 0.29) is 5.78 Å². The van der Waals surface area contributed by atoms with Gasteiger partial charge < -0.3 is 5.32 Å². The van der Waals surface area contributed by atoms with E-state index in [1.807, 2.05) is 53.2 Å². The Morgan fingerprint density at radius 2 is 1.85 bits per heavy atom. The molecule has 6 heteroatoms. The number of para-hydroxylation sites is 2. The maximum absolute atomic E-state index is 12.8. The molecule has 2 heterocycles. The van der Waals surface area contributed by atoms with E-state index in [9.17, 15) is 4.79 Å². The lowest BCUT2D eigenvalue weighted by atomic mass is 9.88. The summed E-state index contributed by atoms with van der Waals surface area (Å²) in [5.74, 6) is 1.07. The predicted octanol–water partition coefficient (Wildman–Crippen LogP) is 4.99. The van der Waals surface area contributed by atoms with E-state index in [2.05, 4.69) is 18.3 Å². The van der Waals surface area contributed by atoms with E-state index in [0.717, 1.165) is 33.2 Å². The van der Waals surface area contributed by atoms with Crippen LogP contribution in [0.1, 0.15) is 29.4 Å². The molecule has 0 amide bonds. The smallest absolute Gasteiger partial charge is 0.211 e. The van der Waals surface area contributed by atoms with Gasteiger partial charge in [-0.2, -0.15) is 0 Å². The Labute approximate surface area is 160 Å². The lowest BCUT2D eigenvalue weighted by Crippen LogP contribution is -2.19. The highest BCUT2D eigenvalue weighted by Crippen LogP contribution is 2.35. The van der Waals surface area contributed by atoms with Crippen molar-refractivity contribution in [1.29, 1.82) is 0 Å². The highest BCUT2D eigenvalue weighted by molar-refractivity contribution is 7.20. The van der Waals surface area contributed by atoms with Crippen LogP contribution in [0.4, 0.5) is 11.5 Å². The van der Waals surface area contributed by atoms with Crippen molar-refractivity contribution < 1.29 is 4.79 Å². The molecule has 4 aromatic rings. The number of hydrogen-bond acceptors (Lipinski definition) is 5. The SMILES string of the molecule is C[C@@H]1CC(=O)c2c(Nc3ccccc3)nn(-c3nc4ccccc4s3)c2C1. The minimum atomic E-state index is 0.148. The van der Waals surface area contributed by atoms with E-state index in [1.165, 1.54) is 0 Å². The maximum Gasteiger partial charge on any atom is 0.211 e. The number of nitrogens with one attached hydrogen (secondary N) is 1. The van der Waals surface area contributed by atoms with Crippen LogP contribution in [-0.2, 0) is 6.42 Å². The van der Waals surface area contributed by atoms with Crippen LogP contribution in [0.2, 0.25) is 0 Å². The summed E-state index contributed by atoms with van der Waals surface area (Å²) in [6, 6.07) is 17.9. The number of hydrogen-bond donors (Lipinski definition) is 1. The summed E-state index contributed by atoms with van der Waals surface area (Å²) in [7, 11) is 0. The summed E-state index contributed by atoms with van der Waals surface area (Å²) in [6.45, 7) is 2.11. The zero-order valence-corrected chi connectivity index (χ0v) is 15.7. The van der Waals surface area contributed by atoms with Crippen LogP contribution >= 0.6 is 11.3 Å². The first-order valence-electron chi connectivity index (χ1n) is 9.02. The topological polar surface area (TPSA) is 59.8 Å². The maximum atomic E-state index is 12.8. The summed E-state index contributed by atoms with van der Waals surface area (Å²) in [4.78, 5) is 17.6. The number of thiazole rings is 1. The molecule has 0 aliphatic heterocycles. The van der Waals surface area contributed by atoms with Crippen molar-refractivity contribution in [2.24, 2.45) is 5.92 Å². The Balaban J connectivity index is 1.67. The Kier molecular flexibility index (Phi) is 3.79. The monoisotopic (exact) mass is 374 g/mol. The molecule has 5 nitrogen and oxygen atoms in total. The first kappa shape index (κ1) is 16.2. The number of rotatable bonds is 3. The van der Waals surface area contributed by atoms with Crippen LogP contribution in [-0.4, -0.2) is 20.5 Å². The molecular weight excluding hydrogens is 356 g/mol. The Morgan fingerprint density at radius 3 is 2.67 bits per heavy atom. The molecule has 1 aliphatic carbocycles. The molecule has 5 rings (SSSR count). The van der Waals surface area contributed by atoms with Gasteiger partial charge in [0, 0.05) is 12.1 Å². The Morgan fingerprint density at radius 1 is 1.07 bits per heavy atom. The van der Waals surface area contributed by atoms with Gasteiger partial charge in [0.15, 0.2) is 11.6 Å². The zero-order chi connectivity index (χ0) is 18.4. The molecule has 2 aromatic carbocycles. The molecule has 0 bridgehead atoms. The summed E-state index contributed by atoms with van der Waals surface area (Å²) in [6.07, 6.45) is 1.38. The second-order valence-electron chi connectivity index (χ2n) is 6.97. The third kappa shape index (κ3) is 2.82. The van der Waals surface area contributed by atoms with Gasteiger partial charge in [0.25, 0.3) is 0 Å². The third-order valence-electron chi connectivity index (χ3n) is 4.84. The van der Waals surface area contributed by atoms with Crippen LogP contribution in [0.15, 0.2) is 54.6 Å². The highest BCUT2D eigenvalue weighted by Gasteiger charge is 2.31. The van der Waals surface area contributed by atoms with E-state index >= 15 is 0 Å². The van der Waals surface area contributed by atoms with Gasteiger partial charge in [-0.1, -0.05) is 48.6 Å². The first-order valence-corrected chi connectivity index (χ1v) is 9.84. The van der Waals surface area contributed by atoms with Crippen molar-refractivity contribution >= 4 is 38.8 Å². The van der Waals surface area contributed by atoms with E-state index in [1.54, 1.807) is 11.3 Å². The number of benzene rings is 2. The van der Waals surface area contributed by atoms with Gasteiger partial charge in [-0.15, -0.1) is 5.10 Å². The fourth-order valence-corrected chi connectivity index (χ4v) is 4.55. The summed E-state index contributed by atoms with van der Waals surface area (Å²) < 4.78 is 2.98. The lowest BCUT2D eigenvalue weighted by molar-refractivity contribution is 0.0953. The fraction of sp³-hybridized carbons (Fsp3) is 0.190. The van der Waals surface area contributed by atoms with Gasteiger partial charge >= 0.3 is 0 Å². The molecule has 1 atom stereocenters. The highest BCUT2D eigenvalue weighted by atomic mass is 32.1. The second-order valence-corrected chi connectivity index (χ2v) is 7.98. The van der Waals surface area contributed by atoms with Gasteiger partial charge in [0.1, 0.15) is 0 Å². The van der Waals surface area contributed by atoms with Gasteiger partial charge in [0.2, 0.25) is 5.13 Å². The predicted molar refractivity (Wildman–Crippen MR) is 108 cm³/mol. The first-order chi connectivity index (χ1) is 13.2. The van der Waals surface area contributed by atoms with Gasteiger partial charge in [-0.05, 0) is 36.6 Å². The van der Waals surface area contributed by atoms with E-state index in [4.69, 9.17) is 10.1 Å².